The second kappa shape index (κ2) is 9.44. The molecule has 3 aromatic rings. The van der Waals surface area contributed by atoms with Gasteiger partial charge in [0.25, 0.3) is 21.8 Å². The van der Waals surface area contributed by atoms with Crippen molar-refractivity contribution in [1.82, 2.24) is 10.9 Å². The summed E-state index contributed by atoms with van der Waals surface area (Å²) in [5.41, 5.74) is 7.21. The minimum absolute atomic E-state index is 0.00121. The lowest BCUT2D eigenvalue weighted by Crippen LogP contribution is -2.50. The summed E-state index contributed by atoms with van der Waals surface area (Å²) >= 11 is 0. The topological polar surface area (TPSA) is 123 Å². The van der Waals surface area contributed by atoms with Gasteiger partial charge >= 0.3 is 0 Å². The second-order valence-electron chi connectivity index (χ2n) is 7.74. The van der Waals surface area contributed by atoms with E-state index < -0.39 is 27.9 Å². The highest BCUT2D eigenvalue weighted by atomic mass is 32.2. The molecule has 2 amide bonds. The first-order valence-electron chi connectivity index (χ1n) is 10.4. The van der Waals surface area contributed by atoms with Gasteiger partial charge in [0.1, 0.15) is 6.61 Å². The van der Waals surface area contributed by atoms with Gasteiger partial charge in [-0.15, -0.1) is 0 Å². The fourth-order valence-corrected chi connectivity index (χ4v) is 4.27. The van der Waals surface area contributed by atoms with Crippen molar-refractivity contribution in [3.05, 3.63) is 83.4 Å². The number of hydrazine groups is 1. The van der Waals surface area contributed by atoms with Gasteiger partial charge in [-0.1, -0.05) is 18.2 Å². The largest absolute Gasteiger partial charge is 0.485 e. The number of hydrogen-bond acceptors (Lipinski definition) is 6. The smallest absolute Gasteiger partial charge is 0.283 e. The number of anilines is 1. The van der Waals surface area contributed by atoms with Crippen LogP contribution in [0.1, 0.15) is 21.5 Å². The quantitative estimate of drug-likeness (QED) is 0.482. The molecule has 1 heterocycles. The van der Waals surface area contributed by atoms with E-state index in [9.17, 15) is 18.0 Å². The molecule has 176 valence electrons. The third-order valence-electron chi connectivity index (χ3n) is 5.29. The number of carbonyl (C=O) groups excluding carboxylic acids is 2. The molecule has 4 rings (SSSR count). The maximum absolute atomic E-state index is 12.7. The molecule has 0 spiro atoms. The fraction of sp³-hybridized carbons (Fsp3) is 0.167. The molecule has 0 radical (unpaired) electrons. The van der Waals surface area contributed by atoms with Crippen LogP contribution < -0.4 is 25.0 Å². The average Bonchev–Trinajstić information content (AvgIpc) is 2.84. The molecule has 1 unspecified atom stereocenters. The number of fused-ring (bicyclic) bond motifs is 1. The molecule has 3 aromatic carbocycles. The lowest BCUT2D eigenvalue weighted by atomic mass is 10.1. The van der Waals surface area contributed by atoms with E-state index in [-0.39, 0.29) is 17.1 Å². The van der Waals surface area contributed by atoms with Gasteiger partial charge in [0, 0.05) is 11.3 Å². The molecule has 1 atom stereocenters. The van der Waals surface area contributed by atoms with Crippen molar-refractivity contribution in [2.75, 3.05) is 11.3 Å². The Labute approximate surface area is 197 Å². The van der Waals surface area contributed by atoms with Gasteiger partial charge in [0.15, 0.2) is 11.5 Å². The number of amides is 2. The van der Waals surface area contributed by atoms with E-state index in [4.69, 9.17) is 9.47 Å². The molecule has 0 fully saturated rings. The van der Waals surface area contributed by atoms with Crippen LogP contribution in [0.2, 0.25) is 0 Å². The zero-order valence-corrected chi connectivity index (χ0v) is 19.3. The Balaban J connectivity index is 1.34. The molecule has 1 aliphatic heterocycles. The van der Waals surface area contributed by atoms with E-state index in [0.29, 0.717) is 17.2 Å². The molecule has 0 bridgehead atoms. The van der Waals surface area contributed by atoms with E-state index in [1.54, 1.807) is 36.4 Å². The molecule has 0 saturated carbocycles. The van der Waals surface area contributed by atoms with Crippen LogP contribution in [-0.2, 0) is 14.8 Å². The van der Waals surface area contributed by atoms with Gasteiger partial charge < -0.3 is 9.47 Å². The maximum atomic E-state index is 12.7. The normalized spacial score (nSPS) is 14.7. The maximum Gasteiger partial charge on any atom is 0.283 e. The monoisotopic (exact) mass is 481 g/mol. The molecule has 0 aromatic heterocycles. The first kappa shape index (κ1) is 23.1. The fourth-order valence-electron chi connectivity index (χ4n) is 3.22. The van der Waals surface area contributed by atoms with E-state index in [2.05, 4.69) is 15.6 Å². The van der Waals surface area contributed by atoms with Crippen molar-refractivity contribution in [2.24, 2.45) is 0 Å². The lowest BCUT2D eigenvalue weighted by Gasteiger charge is -2.25. The highest BCUT2D eigenvalue weighted by Crippen LogP contribution is 2.30. The summed E-state index contributed by atoms with van der Waals surface area (Å²) in [5.74, 6) is -0.222. The number of hydrogen-bond donors (Lipinski definition) is 3. The third kappa shape index (κ3) is 5.12. The van der Waals surface area contributed by atoms with Gasteiger partial charge in [-0.2, -0.15) is 0 Å². The van der Waals surface area contributed by atoms with Crippen molar-refractivity contribution in [3.8, 4) is 11.5 Å². The zero-order chi connectivity index (χ0) is 24.3. The van der Waals surface area contributed by atoms with E-state index in [1.807, 2.05) is 19.9 Å². The van der Waals surface area contributed by atoms with Crippen molar-refractivity contribution >= 4 is 27.5 Å². The molecular weight excluding hydrogens is 458 g/mol. The second-order valence-corrected chi connectivity index (χ2v) is 9.42. The van der Waals surface area contributed by atoms with Gasteiger partial charge in [-0.25, -0.2) is 8.42 Å². The van der Waals surface area contributed by atoms with E-state index in [1.165, 1.54) is 24.3 Å². The van der Waals surface area contributed by atoms with Crippen molar-refractivity contribution in [2.45, 2.75) is 24.8 Å². The summed E-state index contributed by atoms with van der Waals surface area (Å²) in [6.07, 6.45) is -0.931. The summed E-state index contributed by atoms with van der Waals surface area (Å²) in [6.45, 7) is 3.83. The van der Waals surface area contributed by atoms with Gasteiger partial charge in [-0.3, -0.25) is 25.2 Å². The number of sulfonamides is 1. The Morgan fingerprint density at radius 2 is 1.59 bits per heavy atom. The van der Waals surface area contributed by atoms with Gasteiger partial charge in [-0.05, 0) is 73.5 Å². The molecule has 3 N–H and O–H groups in total. The first-order chi connectivity index (χ1) is 16.2. The number of carbonyl (C=O) groups is 2. The lowest BCUT2D eigenvalue weighted by molar-refractivity contribution is -0.131. The Morgan fingerprint density at radius 3 is 2.29 bits per heavy atom. The standard InChI is InChI=1S/C24H23N3O6S/c1-15-7-10-18(13-16(15)2)27-34(30,31)19-11-8-17(9-12-19)23(28)25-26-24(29)22-14-32-20-5-3-4-6-21(20)33-22/h3-13,22,27H,14H2,1-2H3,(H,25,28)(H,26,29). The average molecular weight is 482 g/mol. The molecule has 10 heteroatoms. The Hall–Kier alpha value is -4.05. The summed E-state index contributed by atoms with van der Waals surface area (Å²) < 4.78 is 38.9. The molecule has 0 aliphatic carbocycles. The van der Waals surface area contributed by atoms with Crippen LogP contribution in [0.25, 0.3) is 0 Å². The minimum atomic E-state index is -3.83. The van der Waals surface area contributed by atoms with Crippen LogP contribution >= 0.6 is 0 Å². The Bertz CT molecular complexity index is 1340. The number of rotatable bonds is 5. The predicted octanol–water partition coefficient (Wildman–Crippen LogP) is 2.71. The van der Waals surface area contributed by atoms with Crippen LogP contribution in [0.15, 0.2) is 71.6 Å². The van der Waals surface area contributed by atoms with Gasteiger partial charge in [0.05, 0.1) is 4.90 Å². The van der Waals surface area contributed by atoms with Crippen molar-refractivity contribution in [1.29, 1.82) is 0 Å². The number of aryl methyl sites for hydroxylation is 2. The SMILES string of the molecule is Cc1ccc(NS(=O)(=O)c2ccc(C(=O)NNC(=O)C3COc4ccccc4O3)cc2)cc1C. The van der Waals surface area contributed by atoms with Gasteiger partial charge in [0.2, 0.25) is 6.10 Å². The van der Waals surface area contributed by atoms with Crippen molar-refractivity contribution in [3.63, 3.8) is 0 Å². The molecular formula is C24H23N3O6S. The molecule has 34 heavy (non-hydrogen) atoms. The Kier molecular flexibility index (Phi) is 6.42. The number of nitrogens with one attached hydrogen (secondary N) is 3. The zero-order valence-electron chi connectivity index (χ0n) is 18.5. The van der Waals surface area contributed by atoms with E-state index >= 15 is 0 Å². The minimum Gasteiger partial charge on any atom is -0.485 e. The highest BCUT2D eigenvalue weighted by Gasteiger charge is 2.27. The molecule has 1 aliphatic rings. The number of benzene rings is 3. The first-order valence-corrected chi connectivity index (χ1v) is 11.9. The van der Waals surface area contributed by atoms with Crippen LogP contribution in [0.4, 0.5) is 5.69 Å². The van der Waals surface area contributed by atoms with E-state index in [0.717, 1.165) is 11.1 Å². The summed E-state index contributed by atoms with van der Waals surface area (Å²) in [4.78, 5) is 24.7. The summed E-state index contributed by atoms with van der Waals surface area (Å²) in [5, 5.41) is 0. The molecule has 9 nitrogen and oxygen atoms in total. The van der Waals surface area contributed by atoms with Crippen molar-refractivity contribution < 1.29 is 27.5 Å². The summed E-state index contributed by atoms with van der Waals surface area (Å²) in [6, 6.07) is 17.6. The van der Waals surface area contributed by atoms with Crippen LogP contribution in [0.5, 0.6) is 11.5 Å². The number of para-hydroxylation sites is 2. The number of ether oxygens (including phenoxy) is 2. The summed E-state index contributed by atoms with van der Waals surface area (Å²) in [7, 11) is -3.83. The van der Waals surface area contributed by atoms with Crippen LogP contribution in [0.3, 0.4) is 0 Å². The highest BCUT2D eigenvalue weighted by molar-refractivity contribution is 7.92. The molecule has 0 saturated heterocycles. The third-order valence-corrected chi connectivity index (χ3v) is 6.68. The van der Waals surface area contributed by atoms with Crippen LogP contribution in [-0.4, -0.2) is 32.9 Å². The Morgan fingerprint density at radius 1 is 0.882 bits per heavy atom. The predicted molar refractivity (Wildman–Crippen MR) is 125 cm³/mol. The van der Waals surface area contributed by atoms with Crippen LogP contribution in [0, 0.1) is 13.8 Å².